The Bertz CT molecular complexity index is 813. The van der Waals surface area contributed by atoms with E-state index in [1.165, 1.54) is 55.4 Å². The number of halogens is 3. The van der Waals surface area contributed by atoms with E-state index in [2.05, 4.69) is 0 Å². The lowest BCUT2D eigenvalue weighted by Crippen LogP contribution is -2.23. The van der Waals surface area contributed by atoms with Gasteiger partial charge in [0.15, 0.2) is 0 Å². The van der Waals surface area contributed by atoms with Crippen molar-refractivity contribution in [2.24, 2.45) is 0 Å². The van der Waals surface area contributed by atoms with Crippen molar-refractivity contribution in [1.29, 1.82) is 0 Å². The molecule has 0 radical (unpaired) electrons. The average Bonchev–Trinajstić information content (AvgIpc) is 2.53. The molecule has 132 valence electrons. The molecule has 1 amide bonds. The van der Waals surface area contributed by atoms with Crippen LogP contribution in [0.25, 0.3) is 11.1 Å². The lowest BCUT2D eigenvalue weighted by Gasteiger charge is -2.17. The highest BCUT2D eigenvalue weighted by molar-refractivity contribution is 5.97. The number of hydrogen-bond acceptors (Lipinski definition) is 2. The van der Waals surface area contributed by atoms with Crippen LogP contribution in [0.5, 0.6) is 0 Å². The van der Waals surface area contributed by atoms with Crippen LogP contribution in [0.2, 0.25) is 0 Å². The van der Waals surface area contributed by atoms with Gasteiger partial charge in [-0.1, -0.05) is 30.3 Å². The monoisotopic (exact) mass is 351 g/mol. The van der Waals surface area contributed by atoms with Crippen LogP contribution in [0, 0.1) is 0 Å². The van der Waals surface area contributed by atoms with E-state index in [9.17, 15) is 22.8 Å². The van der Waals surface area contributed by atoms with Gasteiger partial charge < -0.3 is 10.0 Å². The molecule has 0 heterocycles. The number of benzene rings is 2. The molecule has 0 unspecified atom stereocenters. The second-order valence-corrected chi connectivity index (χ2v) is 5.69. The van der Waals surface area contributed by atoms with E-state index >= 15 is 0 Å². The van der Waals surface area contributed by atoms with Gasteiger partial charge in [-0.3, -0.25) is 9.59 Å². The summed E-state index contributed by atoms with van der Waals surface area (Å²) in [6.07, 6.45) is -4.93. The van der Waals surface area contributed by atoms with Gasteiger partial charge in [0, 0.05) is 19.7 Å². The smallest absolute Gasteiger partial charge is 0.417 e. The number of nitrogens with zero attached hydrogens (tertiary/aromatic N) is 1. The second kappa shape index (κ2) is 6.96. The predicted molar refractivity (Wildman–Crippen MR) is 86.2 cm³/mol. The van der Waals surface area contributed by atoms with E-state index in [4.69, 9.17) is 5.11 Å². The van der Waals surface area contributed by atoms with Crippen LogP contribution >= 0.6 is 0 Å². The molecule has 0 bridgehead atoms. The fourth-order valence-electron chi connectivity index (χ4n) is 2.48. The number of aliphatic carboxylic acids is 1. The summed E-state index contributed by atoms with van der Waals surface area (Å²) >= 11 is 0. The molecule has 7 heteroatoms. The fraction of sp³-hybridized carbons (Fsp3) is 0.222. The van der Waals surface area contributed by atoms with Crippen LogP contribution in [-0.4, -0.2) is 36.0 Å². The zero-order chi connectivity index (χ0) is 18.8. The van der Waals surface area contributed by atoms with E-state index in [0.717, 1.165) is 6.07 Å². The molecule has 0 saturated heterocycles. The van der Waals surface area contributed by atoms with Crippen LogP contribution in [-0.2, 0) is 17.4 Å². The summed E-state index contributed by atoms with van der Waals surface area (Å²) in [5, 5.41) is 8.98. The Morgan fingerprint density at radius 3 is 2.28 bits per heavy atom. The maximum absolute atomic E-state index is 13.2. The number of alkyl halides is 3. The summed E-state index contributed by atoms with van der Waals surface area (Å²) < 4.78 is 39.7. The zero-order valence-corrected chi connectivity index (χ0v) is 13.6. The normalized spacial score (nSPS) is 11.2. The second-order valence-electron chi connectivity index (χ2n) is 5.69. The van der Waals surface area contributed by atoms with Crippen LogP contribution in [0.15, 0.2) is 42.5 Å². The number of carboxylic acids is 1. The molecule has 2 aromatic carbocycles. The van der Waals surface area contributed by atoms with E-state index in [-0.39, 0.29) is 22.3 Å². The van der Waals surface area contributed by atoms with Crippen molar-refractivity contribution >= 4 is 11.9 Å². The number of amides is 1. The Hall–Kier alpha value is -2.83. The van der Waals surface area contributed by atoms with Crippen molar-refractivity contribution in [2.45, 2.75) is 12.6 Å². The first kappa shape index (κ1) is 18.5. The van der Waals surface area contributed by atoms with Crippen molar-refractivity contribution in [3.8, 4) is 11.1 Å². The number of hydrogen-bond donors (Lipinski definition) is 1. The molecular formula is C18H16F3NO3. The average molecular weight is 351 g/mol. The van der Waals surface area contributed by atoms with E-state index in [1.54, 1.807) is 0 Å². The highest BCUT2D eigenvalue weighted by Crippen LogP contribution is 2.37. The van der Waals surface area contributed by atoms with Crippen LogP contribution in [0.3, 0.4) is 0 Å². The SMILES string of the molecule is CN(C)C(=O)c1cc(-c2ccccc2C(F)(F)F)ccc1CC(=O)O. The number of carboxylic acid groups (broad SMARTS) is 1. The molecule has 0 spiro atoms. The molecule has 4 nitrogen and oxygen atoms in total. The minimum atomic E-state index is -4.54. The highest BCUT2D eigenvalue weighted by Gasteiger charge is 2.33. The topological polar surface area (TPSA) is 57.6 Å². The van der Waals surface area contributed by atoms with Crippen molar-refractivity contribution in [3.05, 3.63) is 59.2 Å². The molecular weight excluding hydrogens is 335 g/mol. The summed E-state index contributed by atoms with van der Waals surface area (Å²) in [7, 11) is 2.98. The third-order valence-corrected chi connectivity index (χ3v) is 3.63. The number of carbonyl (C=O) groups is 2. The molecule has 2 rings (SSSR count). The minimum absolute atomic E-state index is 0.0651. The Morgan fingerprint density at radius 1 is 1.08 bits per heavy atom. The first-order valence-electron chi connectivity index (χ1n) is 7.34. The van der Waals surface area contributed by atoms with E-state index < -0.39 is 30.0 Å². The van der Waals surface area contributed by atoms with E-state index in [0.29, 0.717) is 0 Å². The Labute approximate surface area is 142 Å². The molecule has 0 aromatic heterocycles. The lowest BCUT2D eigenvalue weighted by molar-refractivity contribution is -0.137. The van der Waals surface area contributed by atoms with Crippen molar-refractivity contribution < 1.29 is 27.9 Å². The minimum Gasteiger partial charge on any atom is -0.481 e. The zero-order valence-electron chi connectivity index (χ0n) is 13.6. The Kier molecular flexibility index (Phi) is 5.15. The van der Waals surface area contributed by atoms with Crippen LogP contribution < -0.4 is 0 Å². The summed E-state index contributed by atoms with van der Waals surface area (Å²) in [6, 6.07) is 9.14. The maximum atomic E-state index is 13.2. The van der Waals surface area contributed by atoms with Crippen LogP contribution in [0.1, 0.15) is 21.5 Å². The summed E-state index contributed by atoms with van der Waals surface area (Å²) in [4.78, 5) is 24.6. The molecule has 1 N–H and O–H groups in total. The van der Waals surface area contributed by atoms with Gasteiger partial charge in [0.2, 0.25) is 0 Å². The van der Waals surface area contributed by atoms with Gasteiger partial charge >= 0.3 is 12.1 Å². The predicted octanol–water partition coefficient (Wildman–Crippen LogP) is 3.70. The molecule has 0 fully saturated rings. The fourth-order valence-corrected chi connectivity index (χ4v) is 2.48. The van der Waals surface area contributed by atoms with Gasteiger partial charge in [0.25, 0.3) is 5.91 Å². The Morgan fingerprint density at radius 2 is 1.72 bits per heavy atom. The largest absolute Gasteiger partial charge is 0.481 e. The molecule has 2 aromatic rings. The van der Waals surface area contributed by atoms with Crippen molar-refractivity contribution in [2.75, 3.05) is 14.1 Å². The van der Waals surface area contributed by atoms with Gasteiger partial charge in [-0.2, -0.15) is 13.2 Å². The third kappa shape index (κ3) is 4.17. The highest BCUT2D eigenvalue weighted by atomic mass is 19.4. The summed E-state index contributed by atoms with van der Waals surface area (Å²) in [5.41, 5.74) is -0.359. The molecule has 0 atom stereocenters. The lowest BCUT2D eigenvalue weighted by atomic mass is 9.94. The summed E-state index contributed by atoms with van der Waals surface area (Å²) in [6.45, 7) is 0. The van der Waals surface area contributed by atoms with E-state index in [1.807, 2.05) is 0 Å². The van der Waals surface area contributed by atoms with Gasteiger partial charge in [-0.25, -0.2) is 0 Å². The standard InChI is InChI=1S/C18H16F3NO3/c1-22(2)17(25)14-9-11(7-8-12(14)10-16(23)24)13-5-3-4-6-15(13)18(19,20)21/h3-9H,10H2,1-2H3,(H,23,24). The first-order valence-corrected chi connectivity index (χ1v) is 7.34. The molecule has 25 heavy (non-hydrogen) atoms. The van der Waals surface area contributed by atoms with Gasteiger partial charge in [0.05, 0.1) is 12.0 Å². The van der Waals surface area contributed by atoms with Gasteiger partial charge in [-0.15, -0.1) is 0 Å². The van der Waals surface area contributed by atoms with Gasteiger partial charge in [0.1, 0.15) is 0 Å². The third-order valence-electron chi connectivity index (χ3n) is 3.63. The van der Waals surface area contributed by atoms with Crippen molar-refractivity contribution in [1.82, 2.24) is 4.90 Å². The molecule has 0 aliphatic heterocycles. The quantitative estimate of drug-likeness (QED) is 0.914. The van der Waals surface area contributed by atoms with Gasteiger partial charge in [-0.05, 0) is 28.8 Å². The molecule has 0 aliphatic carbocycles. The molecule has 0 aliphatic rings. The number of rotatable bonds is 4. The number of carbonyl (C=O) groups excluding carboxylic acids is 1. The molecule has 0 saturated carbocycles. The first-order chi connectivity index (χ1) is 11.6. The summed E-state index contributed by atoms with van der Waals surface area (Å²) in [5.74, 6) is -1.60. The van der Waals surface area contributed by atoms with Crippen LogP contribution in [0.4, 0.5) is 13.2 Å². The Balaban J connectivity index is 2.64. The van der Waals surface area contributed by atoms with Crippen molar-refractivity contribution in [3.63, 3.8) is 0 Å². The maximum Gasteiger partial charge on any atom is 0.417 e.